The third-order valence-corrected chi connectivity index (χ3v) is 6.54. The van der Waals surface area contributed by atoms with Gasteiger partial charge in [-0.1, -0.05) is 30.3 Å². The molecule has 1 aromatic carbocycles. The number of amides is 1. The van der Waals surface area contributed by atoms with Crippen LogP contribution in [-0.4, -0.2) is 59.5 Å². The van der Waals surface area contributed by atoms with Crippen molar-refractivity contribution in [1.82, 2.24) is 20.2 Å². The Morgan fingerprint density at radius 2 is 1.90 bits per heavy atom. The molecule has 0 radical (unpaired) electrons. The molecule has 0 aliphatic carbocycles. The van der Waals surface area contributed by atoms with Crippen molar-refractivity contribution in [3.8, 4) is 0 Å². The lowest BCUT2D eigenvalue weighted by atomic mass is 9.93. The Bertz CT molecular complexity index is 845. The lowest BCUT2D eigenvalue weighted by molar-refractivity contribution is -0.127. The van der Waals surface area contributed by atoms with Crippen molar-refractivity contribution in [1.29, 1.82) is 0 Å². The maximum atomic E-state index is 12.7. The molecule has 4 rings (SSSR count). The first-order chi connectivity index (χ1) is 15.1. The van der Waals surface area contributed by atoms with Crippen LogP contribution in [0.25, 0.3) is 0 Å². The summed E-state index contributed by atoms with van der Waals surface area (Å²) in [5.74, 6) is 1.59. The highest BCUT2D eigenvalue weighted by Crippen LogP contribution is 2.26. The number of anilines is 2. The van der Waals surface area contributed by atoms with Crippen molar-refractivity contribution in [3.05, 3.63) is 47.7 Å². The normalized spacial score (nSPS) is 20.5. The number of aromatic nitrogens is 2. The number of carbonyl (C=O) groups excluding carboxylic acids is 1. The molecule has 0 saturated carbocycles. The fourth-order valence-electron chi connectivity index (χ4n) is 4.87. The van der Waals surface area contributed by atoms with E-state index in [1.165, 1.54) is 5.56 Å². The average Bonchev–Trinajstić information content (AvgIpc) is 2.79. The zero-order valence-corrected chi connectivity index (χ0v) is 18.5. The number of hydrogen-bond acceptors (Lipinski definition) is 6. The molecule has 2 aliphatic rings. The monoisotopic (exact) mass is 422 g/mol. The van der Waals surface area contributed by atoms with E-state index in [0.717, 1.165) is 69.8 Å². The summed E-state index contributed by atoms with van der Waals surface area (Å²) >= 11 is 0. The number of carbonyl (C=O) groups is 1. The van der Waals surface area contributed by atoms with Crippen LogP contribution in [0.1, 0.15) is 36.9 Å². The van der Waals surface area contributed by atoms with Crippen molar-refractivity contribution in [3.63, 3.8) is 0 Å². The number of nitrogen functional groups attached to an aromatic ring is 1. The third-order valence-electron chi connectivity index (χ3n) is 6.54. The standard InChI is InChI=1S/C24H34N6O/c1-18-16-22(28-24(25)27-18)29-14-10-21(11-15-29)30-13-5-8-20(17-30)23(31)26-12-9-19-6-3-2-4-7-19/h2-4,6-7,16,20-21H,5,8-15,17H2,1H3,(H,26,31)(H2,25,27,28). The quantitative estimate of drug-likeness (QED) is 0.743. The van der Waals surface area contributed by atoms with E-state index in [9.17, 15) is 4.79 Å². The molecule has 2 saturated heterocycles. The Kier molecular flexibility index (Phi) is 7.02. The van der Waals surface area contributed by atoms with Crippen LogP contribution in [0.4, 0.5) is 11.8 Å². The van der Waals surface area contributed by atoms with Crippen molar-refractivity contribution < 1.29 is 4.79 Å². The van der Waals surface area contributed by atoms with Crippen molar-refractivity contribution >= 4 is 17.7 Å². The van der Waals surface area contributed by atoms with E-state index in [1.54, 1.807) is 0 Å². The molecule has 2 aliphatic heterocycles. The molecule has 1 amide bonds. The number of hydrogen-bond donors (Lipinski definition) is 2. The first kappa shape index (κ1) is 21.6. The second kappa shape index (κ2) is 10.1. The summed E-state index contributed by atoms with van der Waals surface area (Å²) < 4.78 is 0. The Morgan fingerprint density at radius 3 is 2.65 bits per heavy atom. The number of benzene rings is 1. The second-order valence-corrected chi connectivity index (χ2v) is 8.80. The maximum absolute atomic E-state index is 12.7. The van der Waals surface area contributed by atoms with Gasteiger partial charge < -0.3 is 16.0 Å². The molecule has 166 valence electrons. The molecule has 31 heavy (non-hydrogen) atoms. The van der Waals surface area contributed by atoms with E-state index in [1.807, 2.05) is 31.2 Å². The Hall–Kier alpha value is -2.67. The summed E-state index contributed by atoms with van der Waals surface area (Å²) in [5.41, 5.74) is 8.00. The lowest BCUT2D eigenvalue weighted by Crippen LogP contribution is -2.51. The van der Waals surface area contributed by atoms with Crippen LogP contribution in [-0.2, 0) is 11.2 Å². The minimum atomic E-state index is 0.104. The van der Waals surface area contributed by atoms with E-state index in [0.29, 0.717) is 18.5 Å². The van der Waals surface area contributed by atoms with Gasteiger partial charge in [0.25, 0.3) is 0 Å². The van der Waals surface area contributed by atoms with Gasteiger partial charge >= 0.3 is 0 Å². The SMILES string of the molecule is Cc1cc(N2CCC(N3CCCC(C(=O)NCCc4ccccc4)C3)CC2)nc(N)n1. The molecule has 7 heteroatoms. The van der Waals surface area contributed by atoms with Crippen LogP contribution in [0.2, 0.25) is 0 Å². The fraction of sp³-hybridized carbons (Fsp3) is 0.542. The smallest absolute Gasteiger partial charge is 0.224 e. The Morgan fingerprint density at radius 1 is 1.13 bits per heavy atom. The highest BCUT2D eigenvalue weighted by molar-refractivity contribution is 5.79. The van der Waals surface area contributed by atoms with Gasteiger partial charge in [0, 0.05) is 44.0 Å². The van der Waals surface area contributed by atoms with Gasteiger partial charge in [0.05, 0.1) is 5.92 Å². The van der Waals surface area contributed by atoms with Gasteiger partial charge in [-0.25, -0.2) is 4.98 Å². The molecule has 1 atom stereocenters. The number of likely N-dealkylation sites (tertiary alicyclic amines) is 1. The van der Waals surface area contributed by atoms with Gasteiger partial charge in [-0.2, -0.15) is 4.98 Å². The molecule has 3 N–H and O–H groups in total. The van der Waals surface area contributed by atoms with Gasteiger partial charge in [-0.3, -0.25) is 9.69 Å². The maximum Gasteiger partial charge on any atom is 0.224 e. The average molecular weight is 423 g/mol. The number of piperidine rings is 2. The van der Waals surface area contributed by atoms with Crippen LogP contribution in [0, 0.1) is 12.8 Å². The minimum absolute atomic E-state index is 0.104. The van der Waals surface area contributed by atoms with Crippen molar-refractivity contribution in [2.75, 3.05) is 43.4 Å². The molecule has 0 spiro atoms. The number of aryl methyl sites for hydroxylation is 1. The number of nitrogens with zero attached hydrogens (tertiary/aromatic N) is 4. The molecule has 0 bridgehead atoms. The lowest BCUT2D eigenvalue weighted by Gasteiger charge is -2.42. The van der Waals surface area contributed by atoms with Crippen LogP contribution < -0.4 is 16.0 Å². The Balaban J connectivity index is 1.24. The molecule has 2 aromatic rings. The largest absolute Gasteiger partial charge is 0.368 e. The predicted molar refractivity (Wildman–Crippen MR) is 124 cm³/mol. The van der Waals surface area contributed by atoms with Gasteiger partial charge in [0.15, 0.2) is 0 Å². The zero-order valence-electron chi connectivity index (χ0n) is 18.5. The summed E-state index contributed by atoms with van der Waals surface area (Å²) in [6.07, 6.45) is 5.15. The van der Waals surface area contributed by atoms with Crippen molar-refractivity contribution in [2.24, 2.45) is 5.92 Å². The van der Waals surface area contributed by atoms with Crippen molar-refractivity contribution in [2.45, 2.75) is 45.1 Å². The van der Waals surface area contributed by atoms with Gasteiger partial charge in [0.1, 0.15) is 5.82 Å². The van der Waals surface area contributed by atoms with Crippen LogP contribution in [0.5, 0.6) is 0 Å². The molecular formula is C24H34N6O. The van der Waals surface area contributed by atoms with E-state index in [-0.39, 0.29) is 11.8 Å². The summed E-state index contributed by atoms with van der Waals surface area (Å²) in [6, 6.07) is 12.9. The summed E-state index contributed by atoms with van der Waals surface area (Å²) in [5, 5.41) is 3.16. The molecule has 7 nitrogen and oxygen atoms in total. The fourth-order valence-corrected chi connectivity index (χ4v) is 4.87. The van der Waals surface area contributed by atoms with Crippen LogP contribution in [0.3, 0.4) is 0 Å². The van der Waals surface area contributed by atoms with Crippen LogP contribution >= 0.6 is 0 Å². The van der Waals surface area contributed by atoms with Gasteiger partial charge in [-0.05, 0) is 51.1 Å². The number of nitrogens with one attached hydrogen (secondary N) is 1. The minimum Gasteiger partial charge on any atom is -0.368 e. The highest BCUT2D eigenvalue weighted by Gasteiger charge is 2.31. The van der Waals surface area contributed by atoms with Gasteiger partial charge in [0.2, 0.25) is 11.9 Å². The summed E-state index contributed by atoms with van der Waals surface area (Å²) in [4.78, 5) is 26.2. The summed E-state index contributed by atoms with van der Waals surface area (Å²) in [7, 11) is 0. The third kappa shape index (κ3) is 5.73. The number of nitrogens with two attached hydrogens (primary N) is 1. The zero-order chi connectivity index (χ0) is 21.6. The van der Waals surface area contributed by atoms with E-state index in [4.69, 9.17) is 5.73 Å². The number of rotatable bonds is 6. The molecule has 1 unspecified atom stereocenters. The first-order valence-electron chi connectivity index (χ1n) is 11.5. The highest BCUT2D eigenvalue weighted by atomic mass is 16.1. The van der Waals surface area contributed by atoms with E-state index < -0.39 is 0 Å². The summed E-state index contributed by atoms with van der Waals surface area (Å²) in [6.45, 7) is 6.56. The first-order valence-corrected chi connectivity index (χ1v) is 11.5. The Labute approximate surface area is 185 Å². The van der Waals surface area contributed by atoms with E-state index in [2.05, 4.69) is 37.2 Å². The second-order valence-electron chi connectivity index (χ2n) is 8.80. The molecule has 3 heterocycles. The molecule has 2 fully saturated rings. The van der Waals surface area contributed by atoms with Gasteiger partial charge in [-0.15, -0.1) is 0 Å². The topological polar surface area (TPSA) is 87.4 Å². The van der Waals surface area contributed by atoms with E-state index >= 15 is 0 Å². The van der Waals surface area contributed by atoms with Crippen LogP contribution in [0.15, 0.2) is 36.4 Å². The predicted octanol–water partition coefficient (Wildman–Crippen LogP) is 2.41. The molecular weight excluding hydrogens is 388 g/mol. The molecule has 1 aromatic heterocycles.